The molecule has 0 aliphatic carbocycles. The summed E-state index contributed by atoms with van der Waals surface area (Å²) in [7, 11) is 0. The monoisotopic (exact) mass is 711 g/mol. The molecule has 0 saturated carbocycles. The number of likely N-dealkylation sites (tertiary alicyclic amines) is 1. The molecule has 13 nitrogen and oxygen atoms in total. The zero-order chi connectivity index (χ0) is 36.0. The summed E-state index contributed by atoms with van der Waals surface area (Å²) in [5.74, 6) is -1.37. The third kappa shape index (κ3) is 6.98. The smallest absolute Gasteiger partial charge is 0.407 e. The number of hydrogen-bond donors (Lipinski definition) is 1. The number of esters is 2. The van der Waals surface area contributed by atoms with Crippen LogP contribution in [0.1, 0.15) is 58.8 Å². The van der Waals surface area contributed by atoms with Gasteiger partial charge in [0.1, 0.15) is 46.8 Å². The number of rotatable bonds is 8. The van der Waals surface area contributed by atoms with Crippen molar-refractivity contribution in [3.05, 3.63) is 52.9 Å². The van der Waals surface area contributed by atoms with E-state index in [-0.39, 0.29) is 73.6 Å². The zero-order valence-electron chi connectivity index (χ0n) is 28.4. The van der Waals surface area contributed by atoms with Gasteiger partial charge in [-0.15, -0.1) is 0 Å². The number of anilines is 1. The second-order valence-corrected chi connectivity index (χ2v) is 14.1. The van der Waals surface area contributed by atoms with Gasteiger partial charge >= 0.3 is 18.0 Å². The fraction of sp³-hybridized carbons (Fsp3) is 0.486. The van der Waals surface area contributed by atoms with E-state index in [0.717, 1.165) is 0 Å². The molecular formula is C35H39ClFN5O8. The number of carboxylic acid groups (broad SMARTS) is 1. The molecule has 1 amide bonds. The van der Waals surface area contributed by atoms with Gasteiger partial charge in [0, 0.05) is 43.4 Å². The van der Waals surface area contributed by atoms with Crippen molar-refractivity contribution >= 4 is 57.5 Å². The molecule has 2 aliphatic heterocycles. The van der Waals surface area contributed by atoms with Crippen molar-refractivity contribution in [1.82, 2.24) is 19.9 Å². The quantitative estimate of drug-likeness (QED) is 0.210. The van der Waals surface area contributed by atoms with Gasteiger partial charge in [0.2, 0.25) is 5.88 Å². The Balaban J connectivity index is 1.40. The van der Waals surface area contributed by atoms with Crippen LogP contribution in [0.4, 0.5) is 15.0 Å². The van der Waals surface area contributed by atoms with Gasteiger partial charge in [0.25, 0.3) is 0 Å². The van der Waals surface area contributed by atoms with Gasteiger partial charge in [-0.05, 0) is 45.9 Å². The van der Waals surface area contributed by atoms with Crippen LogP contribution in [-0.2, 0) is 31.2 Å². The molecule has 266 valence electrons. The average molecular weight is 712 g/mol. The summed E-state index contributed by atoms with van der Waals surface area (Å²) >= 11 is 6.31. The lowest BCUT2D eigenvalue weighted by atomic mass is 9.79. The van der Waals surface area contributed by atoms with E-state index in [1.807, 2.05) is 18.2 Å². The predicted octanol–water partition coefficient (Wildman–Crippen LogP) is 6.08. The predicted molar refractivity (Wildman–Crippen MR) is 181 cm³/mol. The lowest BCUT2D eigenvalue weighted by molar-refractivity contribution is -0.156. The first kappa shape index (κ1) is 35.1. The van der Waals surface area contributed by atoms with Crippen molar-refractivity contribution in [1.29, 1.82) is 0 Å². The Morgan fingerprint density at radius 2 is 1.94 bits per heavy atom. The number of pyridine rings is 1. The van der Waals surface area contributed by atoms with Gasteiger partial charge in [-0.25, -0.2) is 28.9 Å². The molecule has 6 rings (SSSR count). The summed E-state index contributed by atoms with van der Waals surface area (Å²) in [6.45, 7) is 8.86. The first-order valence-electron chi connectivity index (χ1n) is 16.5. The Bertz CT molecular complexity index is 1950. The molecule has 0 spiro atoms. The minimum Gasteiger partial charge on any atom is -0.472 e. The van der Waals surface area contributed by atoms with E-state index in [1.54, 1.807) is 45.6 Å². The van der Waals surface area contributed by atoms with E-state index in [2.05, 4.69) is 9.97 Å². The first-order chi connectivity index (χ1) is 23.7. The molecule has 0 radical (unpaired) electrons. The average Bonchev–Trinajstić information content (AvgIpc) is 3.64. The number of halogens is 2. The summed E-state index contributed by atoms with van der Waals surface area (Å²) in [5, 5.41) is 10.4. The third-order valence-corrected chi connectivity index (χ3v) is 9.11. The van der Waals surface area contributed by atoms with Gasteiger partial charge in [-0.1, -0.05) is 30.7 Å². The number of hydrogen-bond acceptors (Lipinski definition) is 11. The van der Waals surface area contributed by atoms with Crippen LogP contribution in [-0.4, -0.2) is 87.0 Å². The Kier molecular flexibility index (Phi) is 9.51. The number of piperidine rings is 1. The number of fused-ring (bicyclic) bond motifs is 3. The Morgan fingerprint density at radius 1 is 1.18 bits per heavy atom. The minimum absolute atomic E-state index is 0.0121. The molecule has 3 aromatic heterocycles. The number of furan rings is 1. The van der Waals surface area contributed by atoms with Crippen molar-refractivity contribution in [3.63, 3.8) is 0 Å². The van der Waals surface area contributed by atoms with Crippen molar-refractivity contribution in [2.24, 2.45) is 5.92 Å². The number of carbonyl (C=O) groups excluding carboxylic acids is 2. The second kappa shape index (κ2) is 13.5. The van der Waals surface area contributed by atoms with Crippen molar-refractivity contribution in [2.75, 3.05) is 31.1 Å². The van der Waals surface area contributed by atoms with E-state index in [0.29, 0.717) is 22.1 Å². The molecule has 4 atom stereocenters. The molecule has 4 aromatic rings. The molecule has 5 heterocycles. The van der Waals surface area contributed by atoms with Crippen molar-refractivity contribution in [2.45, 2.75) is 77.3 Å². The number of amides is 1. The zero-order valence-corrected chi connectivity index (χ0v) is 29.2. The van der Waals surface area contributed by atoms with Crippen LogP contribution in [0.25, 0.3) is 22.1 Å². The molecule has 15 heteroatoms. The minimum atomic E-state index is -1.99. The molecule has 2 fully saturated rings. The summed E-state index contributed by atoms with van der Waals surface area (Å²) in [5.41, 5.74) is -1.40. The Hall–Kier alpha value is -4.72. The fourth-order valence-electron chi connectivity index (χ4n) is 6.61. The number of carbonyl (C=O) groups is 3. The fourth-order valence-corrected chi connectivity index (χ4v) is 6.77. The van der Waals surface area contributed by atoms with Gasteiger partial charge in [0.15, 0.2) is 11.4 Å². The molecule has 50 heavy (non-hydrogen) atoms. The van der Waals surface area contributed by atoms with Crippen LogP contribution in [0.2, 0.25) is 5.02 Å². The highest BCUT2D eigenvalue weighted by molar-refractivity contribution is 6.30. The largest absolute Gasteiger partial charge is 0.472 e. The molecule has 1 aromatic carbocycles. The Morgan fingerprint density at radius 3 is 2.64 bits per heavy atom. The van der Waals surface area contributed by atoms with Crippen LogP contribution in [0, 0.1) is 5.92 Å². The van der Waals surface area contributed by atoms with Crippen LogP contribution in [0.5, 0.6) is 5.88 Å². The number of ether oxygens (including phenoxy) is 3. The van der Waals surface area contributed by atoms with E-state index in [1.165, 1.54) is 17.2 Å². The number of aromatic nitrogens is 3. The molecule has 0 unspecified atom stereocenters. The topological polar surface area (TPSA) is 157 Å². The first-order valence-corrected chi connectivity index (χ1v) is 16.9. The number of alkyl halides is 1. The van der Waals surface area contributed by atoms with E-state index in [9.17, 15) is 19.5 Å². The SMILES string of the molecule is CCOC(=O)Cc1nc(N2C[C@@H](Oc3ncc(Cl)cc3[C@@]3(F)CCN(C(=O)O)C[C@@H]3C)C[C@H]2C(=O)OC(C)(C)C)c2oc3ccccc3c2n1. The summed E-state index contributed by atoms with van der Waals surface area (Å²) in [4.78, 5) is 54.6. The van der Waals surface area contributed by atoms with Crippen LogP contribution in [0.15, 0.2) is 40.9 Å². The summed E-state index contributed by atoms with van der Waals surface area (Å²) in [6.07, 6.45) is -0.713. The van der Waals surface area contributed by atoms with Crippen molar-refractivity contribution < 1.29 is 42.5 Å². The highest BCUT2D eigenvalue weighted by Gasteiger charge is 2.48. The maximum atomic E-state index is 16.9. The highest BCUT2D eigenvalue weighted by atomic mass is 35.5. The second-order valence-electron chi connectivity index (χ2n) is 13.6. The van der Waals surface area contributed by atoms with E-state index >= 15 is 4.39 Å². The van der Waals surface area contributed by atoms with Gasteiger partial charge in [-0.3, -0.25) is 4.79 Å². The molecule has 2 saturated heterocycles. The summed E-state index contributed by atoms with van der Waals surface area (Å²) in [6, 6.07) is 7.83. The normalized spacial score (nSPS) is 22.6. The number of benzene rings is 1. The van der Waals surface area contributed by atoms with Crippen LogP contribution >= 0.6 is 11.6 Å². The molecule has 2 aliphatic rings. The standard InChI is InChI=1S/C35H39ClFN5O8/c1-6-47-27(43)15-26-39-28-22-9-7-8-10-25(22)49-29(28)30(40-26)42-18-21(14-24(42)32(44)50-34(3,4)5)48-31-23(13-20(36)16-38-31)35(37)11-12-41(33(45)46)17-19(35)2/h7-10,13,16,19,21,24H,6,11-12,14-15,17-18H2,1-5H3,(H,45,46)/t19-,21-,24-,35+/m0/s1. The van der Waals surface area contributed by atoms with Crippen LogP contribution < -0.4 is 9.64 Å². The third-order valence-electron chi connectivity index (χ3n) is 8.90. The van der Waals surface area contributed by atoms with E-state index < -0.39 is 47.4 Å². The highest BCUT2D eigenvalue weighted by Crippen LogP contribution is 2.46. The van der Waals surface area contributed by atoms with Crippen LogP contribution in [0.3, 0.4) is 0 Å². The Labute approximate surface area is 292 Å². The maximum Gasteiger partial charge on any atom is 0.407 e. The van der Waals surface area contributed by atoms with Gasteiger partial charge in [-0.2, -0.15) is 0 Å². The molecule has 1 N–H and O–H groups in total. The number of nitrogens with zero attached hydrogens (tertiary/aromatic N) is 5. The lowest BCUT2D eigenvalue weighted by Gasteiger charge is -2.41. The lowest BCUT2D eigenvalue weighted by Crippen LogP contribution is -2.48. The molecular weight excluding hydrogens is 673 g/mol. The maximum absolute atomic E-state index is 16.9. The molecule has 0 bridgehead atoms. The van der Waals surface area contributed by atoms with Gasteiger partial charge in [0.05, 0.1) is 23.7 Å². The van der Waals surface area contributed by atoms with Crippen molar-refractivity contribution in [3.8, 4) is 5.88 Å². The number of para-hydroxylation sites is 1. The van der Waals surface area contributed by atoms with E-state index in [4.69, 9.17) is 35.2 Å². The van der Waals surface area contributed by atoms with Gasteiger partial charge < -0.3 is 33.5 Å². The summed E-state index contributed by atoms with van der Waals surface area (Å²) < 4.78 is 40.6.